The molecule has 18 aromatic carbocycles. The molecule has 0 saturated heterocycles. The monoisotopic (exact) mass is 1180 g/mol. The molecule has 0 atom stereocenters. The van der Waals surface area contributed by atoms with E-state index in [9.17, 15) is 0 Å². The van der Waals surface area contributed by atoms with Crippen molar-refractivity contribution in [1.29, 1.82) is 0 Å². The van der Waals surface area contributed by atoms with Gasteiger partial charge >= 0.3 is 0 Å². The molecular formula is C86H52N2S2. The van der Waals surface area contributed by atoms with Gasteiger partial charge in [0.2, 0.25) is 0 Å². The summed E-state index contributed by atoms with van der Waals surface area (Å²) in [5.41, 5.74) is 12.1. The molecule has 2 aliphatic heterocycles. The molecule has 90 heavy (non-hydrogen) atoms. The van der Waals surface area contributed by atoms with Crippen LogP contribution in [0.25, 0.3) is 159 Å². The fraction of sp³-hybridized carbons (Fsp3) is 0.0698. The molecule has 0 amide bonds. The molecule has 0 radical (unpaired) electrons. The highest BCUT2D eigenvalue weighted by atomic mass is 32.1. The summed E-state index contributed by atoms with van der Waals surface area (Å²) in [6, 6.07) is 94.1. The zero-order chi connectivity index (χ0) is 58.9. The number of hydrogen-bond donors (Lipinski definition) is 0. The summed E-state index contributed by atoms with van der Waals surface area (Å²) in [5.74, 6) is 0. The molecule has 0 unspecified atom stereocenters. The summed E-state index contributed by atoms with van der Waals surface area (Å²) in [7, 11) is 0. The molecule has 0 saturated carbocycles. The van der Waals surface area contributed by atoms with Crippen molar-refractivity contribution in [3.8, 4) is 0 Å². The molecule has 0 bridgehead atoms. The Morgan fingerprint density at radius 3 is 1.00 bits per heavy atom. The van der Waals surface area contributed by atoms with E-state index in [0.717, 1.165) is 0 Å². The van der Waals surface area contributed by atoms with Gasteiger partial charge < -0.3 is 9.80 Å². The minimum absolute atomic E-state index is 0.281. The normalized spacial score (nSPS) is 14.8. The van der Waals surface area contributed by atoms with Crippen LogP contribution in [0.5, 0.6) is 0 Å². The summed E-state index contributed by atoms with van der Waals surface area (Å²) < 4.78 is 5.29. The van der Waals surface area contributed by atoms with Gasteiger partial charge in [0.1, 0.15) is 0 Å². The standard InChI is InChI=1S/C86H52N2S2/c1-85(2)63-27-5-7-29-69(63)87(71-43-73-61(39-65(71)85)83-57-25-13-23-51-49-19-9-15-45-17-11-21-53(77(45)49)59(81(51)57)41-75(83)89-73)67-37-33-47-32-36-56-68(38-34-48-31-35-55(67)79(47)80(48)56)88-70-30-8-6-28-64(70)86(3,4)66-40-62-74(44-72(66)88)90-76-42-60-54-22-12-18-46-16-10-20-50(78(46)54)52-24-14-26-58(82(52)60)84(62)76/h5-44H,1-4H3. The maximum absolute atomic E-state index is 2.62. The number of nitrogens with zero attached hydrogens (tertiary/aromatic N) is 2. The van der Waals surface area contributed by atoms with Gasteiger partial charge in [-0.15, -0.1) is 22.7 Å². The molecule has 2 nitrogen and oxygen atoms in total. The van der Waals surface area contributed by atoms with Crippen LogP contribution in [0.2, 0.25) is 0 Å². The van der Waals surface area contributed by atoms with E-state index < -0.39 is 0 Å². The SMILES string of the molecule is CC1(C)c2ccccc2N(c2ccc3ccc4c(N5c6ccccc6C(C)(C)c6cc7c(cc65)sc5cc6c8cccc9cccc(c%10cccc(c57)c%106)c98)ccc5ccc2c3c54)c2cc3sc4cc5c6cccc7cccc(c8cccc(c4c3cc21)c85)c76. The highest BCUT2D eigenvalue weighted by Gasteiger charge is 2.41. The maximum atomic E-state index is 2.62. The largest absolute Gasteiger partial charge is 0.309 e. The third-order valence-corrected chi connectivity index (χ3v) is 24.2. The molecule has 4 heteroatoms. The molecule has 418 valence electrons. The van der Waals surface area contributed by atoms with E-state index in [-0.39, 0.29) is 10.8 Å². The Balaban J connectivity index is 0.764. The summed E-state index contributed by atoms with van der Waals surface area (Å²) >= 11 is 3.89. The highest BCUT2D eigenvalue weighted by Crippen LogP contribution is 2.60. The zero-order valence-electron chi connectivity index (χ0n) is 49.8. The molecule has 2 aliphatic rings. The number of rotatable bonds is 2. The van der Waals surface area contributed by atoms with Crippen molar-refractivity contribution >= 4 is 216 Å². The average Bonchev–Trinajstić information content (AvgIpc) is 1.12. The number of thiophene rings is 2. The number of benzene rings is 18. The molecule has 0 spiro atoms. The van der Waals surface area contributed by atoms with E-state index in [4.69, 9.17) is 0 Å². The van der Waals surface area contributed by atoms with Crippen molar-refractivity contribution in [2.45, 2.75) is 38.5 Å². The third kappa shape index (κ3) is 5.83. The average molecular weight is 1180 g/mol. The van der Waals surface area contributed by atoms with Crippen LogP contribution in [-0.2, 0) is 10.8 Å². The fourth-order valence-corrected chi connectivity index (χ4v) is 20.4. The van der Waals surface area contributed by atoms with Gasteiger partial charge in [-0.1, -0.05) is 210 Å². The first-order valence-corrected chi connectivity index (χ1v) is 33.3. The van der Waals surface area contributed by atoms with E-state index in [2.05, 4.69) is 280 Å². The summed E-state index contributed by atoms with van der Waals surface area (Å²) in [6.45, 7) is 9.76. The molecule has 22 rings (SSSR count). The second-order valence-electron chi connectivity index (χ2n) is 27.0. The number of fused-ring (bicyclic) bond motifs is 16. The van der Waals surface area contributed by atoms with E-state index in [1.54, 1.807) is 0 Å². The molecular weight excluding hydrogens is 1130 g/mol. The summed E-state index contributed by atoms with van der Waals surface area (Å²) in [6.07, 6.45) is 0. The molecule has 20 aromatic rings. The molecule has 0 N–H and O–H groups in total. The van der Waals surface area contributed by atoms with Gasteiger partial charge in [0, 0.05) is 61.9 Å². The van der Waals surface area contributed by atoms with Crippen LogP contribution in [0.3, 0.4) is 0 Å². The first kappa shape index (κ1) is 48.6. The van der Waals surface area contributed by atoms with Gasteiger partial charge in [-0.25, -0.2) is 0 Å². The van der Waals surface area contributed by atoms with Crippen LogP contribution in [0.15, 0.2) is 243 Å². The quantitative estimate of drug-likeness (QED) is 0.126. The van der Waals surface area contributed by atoms with Crippen LogP contribution in [0.4, 0.5) is 34.1 Å². The van der Waals surface area contributed by atoms with E-state index >= 15 is 0 Å². The van der Waals surface area contributed by atoms with Crippen molar-refractivity contribution in [2.24, 2.45) is 0 Å². The predicted octanol–water partition coefficient (Wildman–Crippen LogP) is 25.6. The van der Waals surface area contributed by atoms with Crippen molar-refractivity contribution in [2.75, 3.05) is 9.80 Å². The Labute approximate surface area is 525 Å². The lowest BCUT2D eigenvalue weighted by molar-refractivity contribution is 0.633. The van der Waals surface area contributed by atoms with Crippen LogP contribution in [0.1, 0.15) is 49.9 Å². The Bertz CT molecular complexity index is 6260. The van der Waals surface area contributed by atoms with Crippen LogP contribution < -0.4 is 9.80 Å². The van der Waals surface area contributed by atoms with Crippen molar-refractivity contribution in [1.82, 2.24) is 0 Å². The Morgan fingerprint density at radius 1 is 0.211 bits per heavy atom. The van der Waals surface area contributed by atoms with E-state index in [1.807, 2.05) is 22.7 Å². The Morgan fingerprint density at radius 2 is 0.567 bits per heavy atom. The minimum atomic E-state index is -0.281. The van der Waals surface area contributed by atoms with Crippen LogP contribution in [-0.4, -0.2) is 0 Å². The summed E-state index contributed by atoms with van der Waals surface area (Å²) in [4.78, 5) is 5.23. The number of hydrogen-bond acceptors (Lipinski definition) is 4. The van der Waals surface area contributed by atoms with Crippen molar-refractivity contribution in [3.63, 3.8) is 0 Å². The lowest BCUT2D eigenvalue weighted by Gasteiger charge is -2.43. The first-order valence-electron chi connectivity index (χ1n) is 31.6. The molecule has 0 aliphatic carbocycles. The first-order chi connectivity index (χ1) is 44.2. The van der Waals surface area contributed by atoms with Gasteiger partial charge in [0.05, 0.1) is 34.1 Å². The number of para-hydroxylation sites is 2. The number of anilines is 6. The van der Waals surface area contributed by atoms with Crippen LogP contribution in [0, 0.1) is 0 Å². The van der Waals surface area contributed by atoms with Gasteiger partial charge in [0.25, 0.3) is 0 Å². The fourth-order valence-electron chi connectivity index (χ4n) is 18.0. The Kier molecular flexibility index (Phi) is 8.90. The second kappa shape index (κ2) is 16.5. The maximum Gasteiger partial charge on any atom is 0.0540 e. The van der Waals surface area contributed by atoms with Gasteiger partial charge in [-0.3, -0.25) is 0 Å². The molecule has 4 heterocycles. The van der Waals surface area contributed by atoms with Crippen molar-refractivity contribution < 1.29 is 0 Å². The zero-order valence-corrected chi connectivity index (χ0v) is 51.4. The van der Waals surface area contributed by atoms with Gasteiger partial charge in [-0.05, 0) is 191 Å². The van der Waals surface area contributed by atoms with Gasteiger partial charge in [-0.2, -0.15) is 0 Å². The third-order valence-electron chi connectivity index (χ3n) is 22.0. The molecule has 0 fully saturated rings. The van der Waals surface area contributed by atoms with Gasteiger partial charge in [0.15, 0.2) is 0 Å². The van der Waals surface area contributed by atoms with Crippen molar-refractivity contribution in [3.05, 3.63) is 265 Å². The smallest absolute Gasteiger partial charge is 0.0540 e. The topological polar surface area (TPSA) is 6.48 Å². The molecule has 2 aromatic heterocycles. The highest BCUT2D eigenvalue weighted by molar-refractivity contribution is 7.26. The predicted molar refractivity (Wildman–Crippen MR) is 392 cm³/mol. The lowest BCUT2D eigenvalue weighted by Crippen LogP contribution is -2.30. The summed E-state index contributed by atoms with van der Waals surface area (Å²) in [5, 5.41) is 34.4. The Hall–Kier alpha value is -10.4. The van der Waals surface area contributed by atoms with E-state index in [1.165, 1.54) is 215 Å². The van der Waals surface area contributed by atoms with Crippen LogP contribution >= 0.6 is 22.7 Å². The van der Waals surface area contributed by atoms with E-state index in [0.29, 0.717) is 0 Å². The minimum Gasteiger partial charge on any atom is -0.309 e. The second-order valence-corrected chi connectivity index (χ2v) is 29.1. The lowest BCUT2D eigenvalue weighted by atomic mass is 9.73.